The van der Waals surface area contributed by atoms with Gasteiger partial charge in [-0.2, -0.15) is 0 Å². The number of hydrogen-bond acceptors (Lipinski definition) is 7. The number of aryl methyl sites for hydroxylation is 1. The molecule has 23 heavy (non-hydrogen) atoms. The van der Waals surface area contributed by atoms with Crippen molar-refractivity contribution in [1.29, 1.82) is 0 Å². The van der Waals surface area contributed by atoms with Crippen molar-refractivity contribution in [2.45, 2.75) is 25.4 Å². The van der Waals surface area contributed by atoms with Gasteiger partial charge < -0.3 is 15.3 Å². The first kappa shape index (κ1) is 15.8. The average Bonchev–Trinajstić information content (AvgIpc) is 3.20. The van der Waals surface area contributed by atoms with E-state index in [-0.39, 0.29) is 12.5 Å². The summed E-state index contributed by atoms with van der Waals surface area (Å²) < 4.78 is 3.81. The molecule has 1 amide bonds. The first-order chi connectivity index (χ1) is 11.1. The van der Waals surface area contributed by atoms with Crippen LogP contribution in [0.15, 0.2) is 24.4 Å². The van der Waals surface area contributed by atoms with E-state index < -0.39 is 5.60 Å². The fourth-order valence-corrected chi connectivity index (χ4v) is 3.34. The molecule has 0 aliphatic carbocycles. The van der Waals surface area contributed by atoms with Crippen molar-refractivity contribution in [2.75, 3.05) is 24.5 Å². The van der Waals surface area contributed by atoms with Crippen molar-refractivity contribution in [3.8, 4) is 0 Å². The van der Waals surface area contributed by atoms with Crippen LogP contribution in [0, 0.1) is 0 Å². The molecule has 122 valence electrons. The molecule has 3 rings (SSSR count). The second-order valence-corrected chi connectivity index (χ2v) is 6.42. The van der Waals surface area contributed by atoms with Gasteiger partial charge in [-0.15, -0.1) is 5.10 Å². The Labute approximate surface area is 138 Å². The fourth-order valence-electron chi connectivity index (χ4n) is 2.67. The van der Waals surface area contributed by atoms with Crippen molar-refractivity contribution in [1.82, 2.24) is 19.9 Å². The van der Waals surface area contributed by atoms with Gasteiger partial charge in [-0.3, -0.25) is 4.79 Å². The summed E-state index contributed by atoms with van der Waals surface area (Å²) in [6, 6.07) is 5.70. The average molecular weight is 333 g/mol. The van der Waals surface area contributed by atoms with Crippen molar-refractivity contribution in [2.24, 2.45) is 0 Å². The van der Waals surface area contributed by atoms with Crippen LogP contribution in [0.3, 0.4) is 0 Å². The van der Waals surface area contributed by atoms with E-state index in [0.29, 0.717) is 36.5 Å². The molecule has 0 bridgehead atoms. The Balaban J connectivity index is 1.59. The smallest absolute Gasteiger partial charge is 0.265 e. The van der Waals surface area contributed by atoms with Gasteiger partial charge in [0, 0.05) is 25.8 Å². The van der Waals surface area contributed by atoms with Crippen LogP contribution in [0.4, 0.5) is 5.82 Å². The van der Waals surface area contributed by atoms with Crippen molar-refractivity contribution >= 4 is 23.3 Å². The molecule has 8 heteroatoms. The van der Waals surface area contributed by atoms with Crippen molar-refractivity contribution < 1.29 is 9.90 Å². The highest BCUT2D eigenvalue weighted by Crippen LogP contribution is 2.25. The number of rotatable bonds is 5. The summed E-state index contributed by atoms with van der Waals surface area (Å²) >= 11 is 1.09. The van der Waals surface area contributed by atoms with E-state index in [0.717, 1.165) is 17.4 Å². The second kappa shape index (κ2) is 6.59. The molecule has 0 aromatic carbocycles. The molecule has 2 aromatic heterocycles. The normalized spacial score (nSPS) is 20.7. The van der Waals surface area contributed by atoms with Gasteiger partial charge in [0.25, 0.3) is 5.91 Å². The number of aromatic nitrogens is 3. The van der Waals surface area contributed by atoms with Crippen LogP contribution in [0.1, 0.15) is 28.7 Å². The number of nitrogens with one attached hydrogen (secondary N) is 1. The van der Waals surface area contributed by atoms with Crippen LogP contribution >= 0.6 is 11.5 Å². The number of aliphatic hydroxyl groups is 1. The lowest BCUT2D eigenvalue weighted by Crippen LogP contribution is -2.45. The van der Waals surface area contributed by atoms with E-state index >= 15 is 0 Å². The summed E-state index contributed by atoms with van der Waals surface area (Å²) in [5.41, 5.74) is -0.251. The monoisotopic (exact) mass is 333 g/mol. The Morgan fingerprint density at radius 2 is 2.39 bits per heavy atom. The summed E-state index contributed by atoms with van der Waals surface area (Å²) in [4.78, 5) is 19.1. The Kier molecular flexibility index (Phi) is 4.53. The number of β-amino-alcohol motifs (C(OH)–C–C–N with tert-alkyl or cyclic N) is 1. The van der Waals surface area contributed by atoms with Gasteiger partial charge >= 0.3 is 0 Å². The molecule has 3 heterocycles. The molecule has 1 atom stereocenters. The van der Waals surface area contributed by atoms with Gasteiger partial charge in [-0.25, -0.2) is 4.98 Å². The number of hydrogen-bond donors (Lipinski definition) is 2. The van der Waals surface area contributed by atoms with E-state index in [1.165, 1.54) is 0 Å². The van der Waals surface area contributed by atoms with E-state index in [1.54, 1.807) is 6.20 Å². The Morgan fingerprint density at radius 1 is 1.52 bits per heavy atom. The van der Waals surface area contributed by atoms with Crippen LogP contribution in [0.2, 0.25) is 0 Å². The minimum Gasteiger partial charge on any atom is -0.386 e. The summed E-state index contributed by atoms with van der Waals surface area (Å²) in [6.07, 6.45) is 2.99. The molecular formula is C15H19N5O2S. The minimum atomic E-state index is -0.947. The molecule has 2 aromatic rings. The number of carbonyl (C=O) groups is 1. The van der Waals surface area contributed by atoms with Crippen LogP contribution < -0.4 is 10.2 Å². The summed E-state index contributed by atoms with van der Waals surface area (Å²) in [7, 11) is 0. The molecule has 1 saturated heterocycles. The predicted octanol–water partition coefficient (Wildman–Crippen LogP) is 0.867. The Bertz CT molecular complexity index is 678. The molecule has 1 fully saturated rings. The van der Waals surface area contributed by atoms with Crippen LogP contribution in [-0.2, 0) is 6.42 Å². The number of pyridine rings is 1. The minimum absolute atomic E-state index is 0.205. The maximum Gasteiger partial charge on any atom is 0.265 e. The molecule has 0 unspecified atom stereocenters. The maximum absolute atomic E-state index is 12.2. The topological polar surface area (TPSA) is 91.2 Å². The van der Waals surface area contributed by atoms with E-state index in [2.05, 4.69) is 19.9 Å². The van der Waals surface area contributed by atoms with Gasteiger partial charge in [0.2, 0.25) is 0 Å². The SMILES string of the molecule is CCc1nnsc1C(=O)NC[C@]1(O)CCN(c2ccccn2)C1. The lowest BCUT2D eigenvalue weighted by Gasteiger charge is -2.24. The zero-order valence-electron chi connectivity index (χ0n) is 12.9. The first-order valence-electron chi connectivity index (χ1n) is 7.59. The van der Waals surface area contributed by atoms with Gasteiger partial charge in [0.15, 0.2) is 0 Å². The van der Waals surface area contributed by atoms with Crippen LogP contribution in [0.5, 0.6) is 0 Å². The third kappa shape index (κ3) is 3.48. The summed E-state index contributed by atoms with van der Waals surface area (Å²) in [6.45, 7) is 3.30. The number of amides is 1. The van der Waals surface area contributed by atoms with Gasteiger partial charge in [0.1, 0.15) is 16.3 Å². The highest BCUT2D eigenvalue weighted by atomic mass is 32.1. The first-order valence-corrected chi connectivity index (χ1v) is 8.36. The molecule has 2 N–H and O–H groups in total. The molecule has 0 radical (unpaired) electrons. The Hall–Kier alpha value is -2.06. The zero-order chi connectivity index (χ0) is 16.3. The van der Waals surface area contributed by atoms with E-state index in [4.69, 9.17) is 0 Å². The zero-order valence-corrected chi connectivity index (χ0v) is 13.7. The van der Waals surface area contributed by atoms with Gasteiger partial charge in [-0.1, -0.05) is 17.5 Å². The quantitative estimate of drug-likeness (QED) is 0.843. The molecule has 0 spiro atoms. The van der Waals surface area contributed by atoms with E-state index in [1.807, 2.05) is 30.0 Å². The number of anilines is 1. The van der Waals surface area contributed by atoms with Crippen molar-refractivity contribution in [3.05, 3.63) is 35.0 Å². The van der Waals surface area contributed by atoms with Crippen LogP contribution in [-0.4, -0.2) is 50.8 Å². The molecular weight excluding hydrogens is 314 g/mol. The molecule has 7 nitrogen and oxygen atoms in total. The van der Waals surface area contributed by atoms with Gasteiger partial charge in [0.05, 0.1) is 5.69 Å². The summed E-state index contributed by atoms with van der Waals surface area (Å²) in [5, 5.41) is 17.4. The summed E-state index contributed by atoms with van der Waals surface area (Å²) in [5.74, 6) is 0.622. The van der Waals surface area contributed by atoms with Crippen molar-refractivity contribution in [3.63, 3.8) is 0 Å². The van der Waals surface area contributed by atoms with Gasteiger partial charge in [-0.05, 0) is 36.5 Å². The molecule has 1 aliphatic rings. The lowest BCUT2D eigenvalue weighted by molar-refractivity contribution is 0.0576. The standard InChI is InChI=1S/C15H19N5O2S/c1-2-11-13(23-19-18-11)14(21)17-9-15(22)6-8-20(10-15)12-5-3-4-7-16-12/h3-5,7,22H,2,6,8-10H2,1H3,(H,17,21)/t15-/m1/s1. The highest BCUT2D eigenvalue weighted by Gasteiger charge is 2.37. The fraction of sp³-hybridized carbons (Fsp3) is 0.467. The third-order valence-electron chi connectivity index (χ3n) is 3.98. The number of nitrogens with zero attached hydrogens (tertiary/aromatic N) is 4. The van der Waals surface area contributed by atoms with Crippen LogP contribution in [0.25, 0.3) is 0 Å². The maximum atomic E-state index is 12.2. The van der Waals surface area contributed by atoms with E-state index in [9.17, 15) is 9.90 Å². The molecule has 0 saturated carbocycles. The number of carbonyl (C=O) groups excluding carboxylic acids is 1. The lowest BCUT2D eigenvalue weighted by atomic mass is 10.0. The predicted molar refractivity (Wildman–Crippen MR) is 87.6 cm³/mol. The largest absolute Gasteiger partial charge is 0.386 e. The Morgan fingerprint density at radius 3 is 3.13 bits per heavy atom. The molecule has 1 aliphatic heterocycles. The highest BCUT2D eigenvalue weighted by molar-refractivity contribution is 7.08. The third-order valence-corrected chi connectivity index (χ3v) is 4.75. The second-order valence-electron chi connectivity index (χ2n) is 5.67.